The van der Waals surface area contributed by atoms with Gasteiger partial charge in [0.15, 0.2) is 0 Å². The van der Waals surface area contributed by atoms with E-state index in [9.17, 15) is 28.8 Å². The van der Waals surface area contributed by atoms with Crippen LogP contribution in [-0.2, 0) is 57.2 Å². The third kappa shape index (κ3) is 11.6. The molecule has 0 saturated heterocycles. The highest BCUT2D eigenvalue weighted by atomic mass is 16.6. The van der Waals surface area contributed by atoms with Crippen LogP contribution in [0.1, 0.15) is 54.4 Å². The molecule has 0 aromatic carbocycles. The lowest BCUT2D eigenvalue weighted by molar-refractivity contribution is -0.172. The Morgan fingerprint density at radius 1 is 0.553 bits per heavy atom. The van der Waals surface area contributed by atoms with Crippen LogP contribution in [0.3, 0.4) is 0 Å². The van der Waals surface area contributed by atoms with E-state index in [0.717, 1.165) is 0 Å². The molecule has 0 aliphatic rings. The third-order valence-corrected chi connectivity index (χ3v) is 5.10. The molecule has 0 saturated carbocycles. The molecule has 0 aromatic heterocycles. The Hall–Kier alpha value is -3.70. The van der Waals surface area contributed by atoms with Crippen LogP contribution in [0.15, 0.2) is 24.3 Å². The summed E-state index contributed by atoms with van der Waals surface area (Å²) in [4.78, 5) is 74.0. The molecular weight excluding hydrogens is 504 g/mol. The molecule has 0 bridgehead atoms. The lowest BCUT2D eigenvalue weighted by Crippen LogP contribution is -2.37. The maximum Gasteiger partial charge on any atom is 0.334 e. The van der Waals surface area contributed by atoms with E-state index >= 15 is 0 Å². The summed E-state index contributed by atoms with van der Waals surface area (Å²) in [6, 6.07) is 0. The number of hydrogen-bond acceptors (Lipinski definition) is 12. The van der Waals surface area contributed by atoms with E-state index in [-0.39, 0.29) is 37.6 Å². The fourth-order valence-corrected chi connectivity index (χ4v) is 2.93. The normalized spacial score (nSPS) is 13.5. The molecular formula is C26H38O12. The molecule has 38 heavy (non-hydrogen) atoms. The maximum atomic E-state index is 12.9. The minimum atomic E-state index is -1.40. The van der Waals surface area contributed by atoms with Gasteiger partial charge < -0.3 is 28.4 Å². The van der Waals surface area contributed by atoms with Crippen molar-refractivity contribution in [2.45, 2.75) is 66.6 Å². The number of rotatable bonds is 17. The predicted molar refractivity (Wildman–Crippen MR) is 132 cm³/mol. The fourth-order valence-electron chi connectivity index (χ4n) is 2.93. The highest BCUT2D eigenvalue weighted by Gasteiger charge is 2.36. The van der Waals surface area contributed by atoms with Crippen molar-refractivity contribution < 1.29 is 57.2 Å². The van der Waals surface area contributed by atoms with Gasteiger partial charge in [0.05, 0.1) is 51.1 Å². The number of ether oxygens (including phenoxy) is 6. The quantitative estimate of drug-likeness (QED) is 0.150. The number of carbonyl (C=O) groups excluding carboxylic acids is 6. The molecule has 0 radical (unpaired) electrons. The van der Waals surface area contributed by atoms with Crippen molar-refractivity contribution in [3.8, 4) is 0 Å². The summed E-state index contributed by atoms with van der Waals surface area (Å²) in [7, 11) is 0. The second-order valence-corrected chi connectivity index (χ2v) is 7.90. The molecule has 12 heteroatoms. The van der Waals surface area contributed by atoms with Gasteiger partial charge in [0.1, 0.15) is 12.2 Å². The van der Waals surface area contributed by atoms with Gasteiger partial charge >= 0.3 is 35.8 Å². The summed E-state index contributed by atoms with van der Waals surface area (Å²) in [5.41, 5.74) is -0.607. The molecule has 0 aromatic rings. The lowest BCUT2D eigenvalue weighted by Gasteiger charge is -2.25. The summed E-state index contributed by atoms with van der Waals surface area (Å²) in [5, 5.41) is 0. The first-order valence-electron chi connectivity index (χ1n) is 12.3. The minimum absolute atomic E-state index is 0.0203. The van der Waals surface area contributed by atoms with Gasteiger partial charge in [0.2, 0.25) is 0 Å². The van der Waals surface area contributed by atoms with Gasteiger partial charge in [-0.3, -0.25) is 19.2 Å². The molecule has 0 heterocycles. The highest BCUT2D eigenvalue weighted by molar-refractivity contribution is 5.97. The summed E-state index contributed by atoms with van der Waals surface area (Å²) >= 11 is 0. The van der Waals surface area contributed by atoms with E-state index in [1.54, 1.807) is 27.7 Å². The van der Waals surface area contributed by atoms with Crippen molar-refractivity contribution in [1.82, 2.24) is 0 Å². The van der Waals surface area contributed by atoms with Gasteiger partial charge in [0, 0.05) is 11.1 Å². The second-order valence-electron chi connectivity index (χ2n) is 7.90. The van der Waals surface area contributed by atoms with Gasteiger partial charge in [-0.25, -0.2) is 9.59 Å². The van der Waals surface area contributed by atoms with E-state index in [4.69, 9.17) is 28.4 Å². The fraction of sp³-hybridized carbons (Fsp3) is 0.615. The van der Waals surface area contributed by atoms with Gasteiger partial charge in [-0.15, -0.1) is 0 Å². The minimum Gasteiger partial charge on any atom is -0.466 e. The summed E-state index contributed by atoms with van der Waals surface area (Å²) in [6.07, 6.45) is -3.20. The largest absolute Gasteiger partial charge is 0.466 e. The second kappa shape index (κ2) is 17.7. The van der Waals surface area contributed by atoms with E-state index in [0.29, 0.717) is 0 Å². The van der Waals surface area contributed by atoms with Crippen LogP contribution < -0.4 is 0 Å². The molecule has 0 rings (SSSR count). The van der Waals surface area contributed by atoms with Crippen LogP contribution >= 0.6 is 0 Å². The molecule has 4 atom stereocenters. The van der Waals surface area contributed by atoms with Crippen molar-refractivity contribution in [3.63, 3.8) is 0 Å². The van der Waals surface area contributed by atoms with E-state index < -0.39 is 72.7 Å². The zero-order chi connectivity index (χ0) is 29.4. The molecule has 0 N–H and O–H groups in total. The van der Waals surface area contributed by atoms with Crippen molar-refractivity contribution in [2.24, 2.45) is 11.8 Å². The van der Waals surface area contributed by atoms with Gasteiger partial charge in [-0.2, -0.15) is 0 Å². The summed E-state index contributed by atoms with van der Waals surface area (Å²) < 4.78 is 30.1. The zero-order valence-corrected chi connectivity index (χ0v) is 22.9. The third-order valence-electron chi connectivity index (χ3n) is 5.10. The number of hydrogen-bond donors (Lipinski definition) is 0. The number of esters is 6. The molecule has 0 amide bonds. The van der Waals surface area contributed by atoms with Crippen LogP contribution in [-0.4, -0.2) is 74.5 Å². The maximum absolute atomic E-state index is 12.9. The first-order chi connectivity index (χ1) is 17.8. The Balaban J connectivity index is 5.60. The van der Waals surface area contributed by atoms with Gasteiger partial charge in [-0.1, -0.05) is 13.2 Å². The molecule has 0 aliphatic heterocycles. The average Bonchev–Trinajstić information content (AvgIpc) is 2.85. The summed E-state index contributed by atoms with van der Waals surface area (Å²) in [6.45, 7) is 16.4. The molecule has 4 unspecified atom stereocenters. The van der Waals surface area contributed by atoms with Crippen LogP contribution in [0.4, 0.5) is 0 Å². The topological polar surface area (TPSA) is 158 Å². The Morgan fingerprint density at radius 2 is 0.842 bits per heavy atom. The monoisotopic (exact) mass is 542 g/mol. The van der Waals surface area contributed by atoms with Crippen LogP contribution in [0, 0.1) is 11.8 Å². The smallest absolute Gasteiger partial charge is 0.334 e. The van der Waals surface area contributed by atoms with Crippen LogP contribution in [0.25, 0.3) is 0 Å². The van der Waals surface area contributed by atoms with Gasteiger partial charge in [0.25, 0.3) is 0 Å². The molecule has 214 valence electrons. The Morgan fingerprint density at radius 3 is 1.11 bits per heavy atom. The average molecular weight is 543 g/mol. The predicted octanol–water partition coefficient (Wildman–Crippen LogP) is 2.23. The Kier molecular flexibility index (Phi) is 16.0. The van der Waals surface area contributed by atoms with Crippen LogP contribution in [0.2, 0.25) is 0 Å². The van der Waals surface area contributed by atoms with Crippen LogP contribution in [0.5, 0.6) is 0 Å². The highest BCUT2D eigenvalue weighted by Crippen LogP contribution is 2.23. The van der Waals surface area contributed by atoms with E-state index in [1.165, 1.54) is 13.8 Å². The molecule has 0 spiro atoms. The van der Waals surface area contributed by atoms with E-state index in [1.807, 2.05) is 0 Å². The molecule has 0 aliphatic carbocycles. The standard InChI is InChI=1S/C26H38O12/c1-9-33-21(27)13-19(15(5)23(29)35-11-3)25(31)37-17(7)18(8)38-26(32)20(14-22(28)34-10-2)16(6)24(30)36-12-4/h17-20H,5-6,9-14H2,1-4,7-8H3. The first kappa shape index (κ1) is 34.3. The van der Waals surface area contributed by atoms with Gasteiger partial charge in [-0.05, 0) is 41.5 Å². The van der Waals surface area contributed by atoms with Crippen molar-refractivity contribution in [3.05, 3.63) is 24.3 Å². The lowest BCUT2D eigenvalue weighted by atomic mass is 9.96. The Labute approximate surface area is 222 Å². The SMILES string of the molecule is C=C(C(=O)OCC)C(CC(=O)OCC)C(=O)OC(C)C(C)OC(=O)C(CC(=O)OCC)C(=C)C(=O)OCC. The van der Waals surface area contributed by atoms with Crippen molar-refractivity contribution in [2.75, 3.05) is 26.4 Å². The molecule has 12 nitrogen and oxygen atoms in total. The zero-order valence-electron chi connectivity index (χ0n) is 22.9. The summed E-state index contributed by atoms with van der Waals surface area (Å²) in [5.74, 6) is -8.08. The molecule has 0 fully saturated rings. The van der Waals surface area contributed by atoms with Crippen molar-refractivity contribution >= 4 is 35.8 Å². The van der Waals surface area contributed by atoms with Crippen molar-refractivity contribution in [1.29, 1.82) is 0 Å². The first-order valence-corrected chi connectivity index (χ1v) is 12.3. The number of carbonyl (C=O) groups is 6. The van der Waals surface area contributed by atoms with E-state index in [2.05, 4.69) is 13.2 Å². The Bertz CT molecular complexity index is 819.